The number of phenolic OH excluding ortho intramolecular Hbond substituents is 1. The standard InChI is InChI=1S/C13H14N4O2/c1-9-5-13(15-8-14-9)17-16-7-10-3-4-11(18)12(6-10)19-2/h3-8,18H,1-2H3,(H,14,15,17)/b16-7+. The Morgan fingerprint density at radius 1 is 1.32 bits per heavy atom. The van der Waals surface area contributed by atoms with Gasteiger partial charge in [0.05, 0.1) is 13.3 Å². The van der Waals surface area contributed by atoms with E-state index in [0.29, 0.717) is 11.6 Å². The lowest BCUT2D eigenvalue weighted by atomic mass is 10.2. The molecule has 1 heterocycles. The van der Waals surface area contributed by atoms with Gasteiger partial charge in [-0.3, -0.25) is 5.43 Å². The van der Waals surface area contributed by atoms with E-state index in [0.717, 1.165) is 11.3 Å². The van der Waals surface area contributed by atoms with Gasteiger partial charge in [0.15, 0.2) is 11.5 Å². The summed E-state index contributed by atoms with van der Waals surface area (Å²) in [7, 11) is 1.50. The van der Waals surface area contributed by atoms with Gasteiger partial charge in [-0.05, 0) is 30.7 Å². The molecule has 0 aliphatic carbocycles. The molecule has 1 aromatic heterocycles. The van der Waals surface area contributed by atoms with Crippen LogP contribution in [-0.4, -0.2) is 28.4 Å². The van der Waals surface area contributed by atoms with Gasteiger partial charge in [0.1, 0.15) is 12.1 Å². The van der Waals surface area contributed by atoms with Crippen molar-refractivity contribution in [3.8, 4) is 11.5 Å². The van der Waals surface area contributed by atoms with Crippen molar-refractivity contribution in [3.05, 3.63) is 41.9 Å². The average molecular weight is 258 g/mol. The highest BCUT2D eigenvalue weighted by Gasteiger charge is 2.00. The third-order valence-corrected chi connectivity index (χ3v) is 2.40. The van der Waals surface area contributed by atoms with E-state index < -0.39 is 0 Å². The normalized spacial score (nSPS) is 10.6. The molecule has 0 aliphatic heterocycles. The molecule has 1 aromatic carbocycles. The molecule has 6 nitrogen and oxygen atoms in total. The summed E-state index contributed by atoms with van der Waals surface area (Å²) >= 11 is 0. The minimum Gasteiger partial charge on any atom is -0.504 e. The molecule has 0 unspecified atom stereocenters. The number of aryl methyl sites for hydroxylation is 1. The summed E-state index contributed by atoms with van der Waals surface area (Å²) in [5.41, 5.74) is 4.46. The number of nitrogens with one attached hydrogen (secondary N) is 1. The second-order valence-electron chi connectivity index (χ2n) is 3.85. The summed E-state index contributed by atoms with van der Waals surface area (Å²) in [4.78, 5) is 8.01. The Morgan fingerprint density at radius 2 is 2.16 bits per heavy atom. The molecule has 0 radical (unpaired) electrons. The number of anilines is 1. The van der Waals surface area contributed by atoms with Crippen molar-refractivity contribution >= 4 is 12.0 Å². The molecule has 6 heteroatoms. The maximum atomic E-state index is 9.47. The Kier molecular flexibility index (Phi) is 3.92. The van der Waals surface area contributed by atoms with Crippen LogP contribution in [0.3, 0.4) is 0 Å². The molecule has 0 atom stereocenters. The molecular formula is C13H14N4O2. The molecule has 98 valence electrons. The molecule has 19 heavy (non-hydrogen) atoms. The highest BCUT2D eigenvalue weighted by molar-refractivity contribution is 5.81. The Hall–Kier alpha value is -2.63. The van der Waals surface area contributed by atoms with Gasteiger partial charge < -0.3 is 9.84 Å². The fourth-order valence-corrected chi connectivity index (χ4v) is 1.46. The maximum Gasteiger partial charge on any atom is 0.161 e. The van der Waals surface area contributed by atoms with Crippen LogP contribution in [-0.2, 0) is 0 Å². The lowest BCUT2D eigenvalue weighted by Crippen LogP contribution is -1.95. The number of aromatic hydroxyl groups is 1. The predicted molar refractivity (Wildman–Crippen MR) is 72.6 cm³/mol. The lowest BCUT2D eigenvalue weighted by molar-refractivity contribution is 0.373. The highest BCUT2D eigenvalue weighted by atomic mass is 16.5. The third kappa shape index (κ3) is 3.41. The van der Waals surface area contributed by atoms with Gasteiger partial charge in [0.25, 0.3) is 0 Å². The third-order valence-electron chi connectivity index (χ3n) is 2.40. The minimum atomic E-state index is 0.0963. The highest BCUT2D eigenvalue weighted by Crippen LogP contribution is 2.25. The van der Waals surface area contributed by atoms with Crippen molar-refractivity contribution in [3.63, 3.8) is 0 Å². The molecule has 0 bridgehead atoms. The Balaban J connectivity index is 2.07. The number of phenols is 1. The fourth-order valence-electron chi connectivity index (χ4n) is 1.46. The first kappa shape index (κ1) is 12.8. The Morgan fingerprint density at radius 3 is 2.89 bits per heavy atom. The van der Waals surface area contributed by atoms with Crippen LogP contribution in [0.15, 0.2) is 35.7 Å². The molecule has 0 saturated carbocycles. The summed E-state index contributed by atoms with van der Waals surface area (Å²) in [6.07, 6.45) is 3.08. The van der Waals surface area contributed by atoms with E-state index >= 15 is 0 Å². The quantitative estimate of drug-likeness (QED) is 0.647. The largest absolute Gasteiger partial charge is 0.504 e. The van der Waals surface area contributed by atoms with Crippen LogP contribution in [0, 0.1) is 6.92 Å². The smallest absolute Gasteiger partial charge is 0.161 e. The number of hydrazone groups is 1. The first-order valence-corrected chi connectivity index (χ1v) is 5.64. The van der Waals surface area contributed by atoms with E-state index in [1.54, 1.807) is 30.5 Å². The Labute approximate surface area is 110 Å². The fraction of sp³-hybridized carbons (Fsp3) is 0.154. The molecule has 0 fully saturated rings. The zero-order chi connectivity index (χ0) is 13.7. The van der Waals surface area contributed by atoms with Crippen LogP contribution in [0.4, 0.5) is 5.82 Å². The van der Waals surface area contributed by atoms with Gasteiger partial charge in [-0.25, -0.2) is 9.97 Å². The van der Waals surface area contributed by atoms with Gasteiger partial charge in [-0.15, -0.1) is 0 Å². The molecule has 2 rings (SSSR count). The Bertz CT molecular complexity index is 599. The van der Waals surface area contributed by atoms with Crippen LogP contribution < -0.4 is 10.2 Å². The number of aromatic nitrogens is 2. The lowest BCUT2D eigenvalue weighted by Gasteiger charge is -2.03. The SMILES string of the molecule is COc1cc(/C=N/Nc2cc(C)ncn2)ccc1O. The molecular weight excluding hydrogens is 244 g/mol. The van der Waals surface area contributed by atoms with E-state index in [4.69, 9.17) is 4.74 Å². The second-order valence-corrected chi connectivity index (χ2v) is 3.85. The molecule has 0 saturated heterocycles. The van der Waals surface area contributed by atoms with E-state index in [2.05, 4.69) is 20.5 Å². The number of benzene rings is 1. The van der Waals surface area contributed by atoms with Gasteiger partial charge >= 0.3 is 0 Å². The number of rotatable bonds is 4. The number of ether oxygens (including phenoxy) is 1. The van der Waals surface area contributed by atoms with Crippen LogP contribution in [0.2, 0.25) is 0 Å². The van der Waals surface area contributed by atoms with Gasteiger partial charge in [-0.2, -0.15) is 5.10 Å². The second kappa shape index (κ2) is 5.81. The summed E-state index contributed by atoms with van der Waals surface area (Å²) in [5.74, 6) is 1.12. The summed E-state index contributed by atoms with van der Waals surface area (Å²) in [6.45, 7) is 1.88. The molecule has 2 aromatic rings. The first-order valence-electron chi connectivity index (χ1n) is 5.64. The topological polar surface area (TPSA) is 79.6 Å². The summed E-state index contributed by atoms with van der Waals surface area (Å²) < 4.78 is 5.01. The van der Waals surface area contributed by atoms with Crippen molar-refractivity contribution in [2.24, 2.45) is 5.10 Å². The van der Waals surface area contributed by atoms with Crippen LogP contribution in [0.1, 0.15) is 11.3 Å². The van der Waals surface area contributed by atoms with Crippen LogP contribution >= 0.6 is 0 Å². The zero-order valence-electron chi connectivity index (χ0n) is 10.7. The maximum absolute atomic E-state index is 9.47. The van der Waals surface area contributed by atoms with E-state index in [9.17, 15) is 5.11 Å². The summed E-state index contributed by atoms with van der Waals surface area (Å²) in [5, 5.41) is 13.5. The first-order chi connectivity index (χ1) is 9.19. The molecule has 0 spiro atoms. The predicted octanol–water partition coefficient (Wildman–Crippen LogP) is 1.95. The monoisotopic (exact) mass is 258 g/mol. The van der Waals surface area contributed by atoms with E-state index in [1.165, 1.54) is 13.4 Å². The van der Waals surface area contributed by atoms with Crippen molar-refractivity contribution in [1.29, 1.82) is 0 Å². The van der Waals surface area contributed by atoms with Crippen molar-refractivity contribution < 1.29 is 9.84 Å². The molecule has 0 aliphatic rings. The minimum absolute atomic E-state index is 0.0963. The van der Waals surface area contributed by atoms with E-state index in [1.807, 2.05) is 6.92 Å². The van der Waals surface area contributed by atoms with E-state index in [-0.39, 0.29) is 5.75 Å². The number of hydrogen-bond acceptors (Lipinski definition) is 6. The molecule has 0 amide bonds. The zero-order valence-corrected chi connectivity index (χ0v) is 10.7. The van der Waals surface area contributed by atoms with Crippen molar-refractivity contribution in [2.45, 2.75) is 6.92 Å². The number of methoxy groups -OCH3 is 1. The van der Waals surface area contributed by atoms with Gasteiger partial charge in [0, 0.05) is 11.8 Å². The number of nitrogens with zero attached hydrogens (tertiary/aromatic N) is 3. The van der Waals surface area contributed by atoms with Crippen molar-refractivity contribution in [2.75, 3.05) is 12.5 Å². The molecule has 2 N–H and O–H groups in total. The van der Waals surface area contributed by atoms with Gasteiger partial charge in [0.2, 0.25) is 0 Å². The summed E-state index contributed by atoms with van der Waals surface area (Å²) in [6, 6.07) is 6.75. The number of hydrogen-bond donors (Lipinski definition) is 2. The van der Waals surface area contributed by atoms with Crippen LogP contribution in [0.5, 0.6) is 11.5 Å². The average Bonchev–Trinajstić information content (AvgIpc) is 2.41. The van der Waals surface area contributed by atoms with Gasteiger partial charge in [-0.1, -0.05) is 0 Å². The van der Waals surface area contributed by atoms with Crippen LogP contribution in [0.25, 0.3) is 0 Å². The van der Waals surface area contributed by atoms with Crippen molar-refractivity contribution in [1.82, 2.24) is 9.97 Å².